The Kier molecular flexibility index (Phi) is 9.57. The number of likely N-dealkylation sites (N-methyl/N-ethyl adjacent to an activating group) is 1. The van der Waals surface area contributed by atoms with E-state index >= 15 is 0 Å². The second-order valence-corrected chi connectivity index (χ2v) is 8.26. The topological polar surface area (TPSA) is 88.8 Å². The minimum absolute atomic E-state index is 0. The molecule has 0 bridgehead atoms. The molecule has 0 aliphatic carbocycles. The van der Waals surface area contributed by atoms with Gasteiger partial charge in [0.15, 0.2) is 5.13 Å². The van der Waals surface area contributed by atoms with E-state index in [1.165, 1.54) is 17.4 Å². The van der Waals surface area contributed by atoms with E-state index in [9.17, 15) is 14.9 Å². The second kappa shape index (κ2) is 11.9. The normalized spacial score (nSPS) is 10.8. The highest BCUT2D eigenvalue weighted by molar-refractivity contribution is 7.22. The van der Waals surface area contributed by atoms with Gasteiger partial charge >= 0.3 is 0 Å². The number of carbonyl (C=O) groups is 1. The molecular formula is C23H29ClN4O4S. The fourth-order valence-corrected chi connectivity index (χ4v) is 4.55. The molecule has 10 heteroatoms. The molecule has 2 aromatic carbocycles. The summed E-state index contributed by atoms with van der Waals surface area (Å²) in [6, 6.07) is 10.3. The van der Waals surface area contributed by atoms with Crippen LogP contribution in [0.15, 0.2) is 36.4 Å². The number of amides is 1. The van der Waals surface area contributed by atoms with Crippen LogP contribution in [-0.2, 0) is 0 Å². The van der Waals surface area contributed by atoms with Gasteiger partial charge in [0.1, 0.15) is 5.75 Å². The van der Waals surface area contributed by atoms with Crippen LogP contribution in [0.5, 0.6) is 5.75 Å². The molecule has 3 aromatic rings. The predicted molar refractivity (Wildman–Crippen MR) is 135 cm³/mol. The van der Waals surface area contributed by atoms with Crippen molar-refractivity contribution in [3.05, 3.63) is 57.6 Å². The van der Waals surface area contributed by atoms with E-state index in [4.69, 9.17) is 9.72 Å². The van der Waals surface area contributed by atoms with Crippen molar-refractivity contribution in [2.45, 2.75) is 27.7 Å². The fourth-order valence-electron chi connectivity index (χ4n) is 3.53. The maximum Gasteiger partial charge on any atom is 0.273 e. The molecule has 0 aliphatic rings. The van der Waals surface area contributed by atoms with Crippen LogP contribution in [0.25, 0.3) is 10.2 Å². The van der Waals surface area contributed by atoms with Gasteiger partial charge in [-0.05, 0) is 51.2 Å². The van der Waals surface area contributed by atoms with Gasteiger partial charge in [0.2, 0.25) is 0 Å². The highest BCUT2D eigenvalue weighted by Crippen LogP contribution is 2.33. The van der Waals surface area contributed by atoms with Gasteiger partial charge < -0.3 is 9.64 Å². The SMILES string of the molecule is CCOc1ccc2nc(N(CCN(CC)CC)C(=O)c3cccc([N+](=O)[O-])c3C)sc2c1.Cl. The summed E-state index contributed by atoms with van der Waals surface area (Å²) in [6.45, 7) is 11.1. The number of halogens is 1. The van der Waals surface area contributed by atoms with Gasteiger partial charge in [-0.3, -0.25) is 19.8 Å². The lowest BCUT2D eigenvalue weighted by Crippen LogP contribution is -2.39. The minimum Gasteiger partial charge on any atom is -0.494 e. The molecule has 0 N–H and O–H groups in total. The molecule has 1 heterocycles. The van der Waals surface area contributed by atoms with Crippen molar-refractivity contribution in [3.8, 4) is 5.75 Å². The van der Waals surface area contributed by atoms with E-state index in [-0.39, 0.29) is 24.0 Å². The van der Waals surface area contributed by atoms with Crippen LogP contribution in [0.2, 0.25) is 0 Å². The van der Waals surface area contributed by atoms with E-state index in [1.807, 2.05) is 25.1 Å². The number of fused-ring (bicyclic) bond motifs is 1. The number of hydrogen-bond donors (Lipinski definition) is 0. The third-order valence-corrected chi connectivity index (χ3v) is 6.44. The van der Waals surface area contributed by atoms with E-state index < -0.39 is 4.92 Å². The van der Waals surface area contributed by atoms with Crippen LogP contribution in [0.1, 0.15) is 36.7 Å². The zero-order chi connectivity index (χ0) is 23.3. The molecule has 0 saturated heterocycles. The van der Waals surface area contributed by atoms with Gasteiger partial charge in [0.25, 0.3) is 11.6 Å². The summed E-state index contributed by atoms with van der Waals surface area (Å²) in [5, 5.41) is 11.9. The molecule has 0 saturated carbocycles. The van der Waals surface area contributed by atoms with Crippen LogP contribution < -0.4 is 9.64 Å². The minimum atomic E-state index is -0.459. The lowest BCUT2D eigenvalue weighted by Gasteiger charge is -2.25. The lowest BCUT2D eigenvalue weighted by atomic mass is 10.1. The first-order valence-electron chi connectivity index (χ1n) is 10.7. The van der Waals surface area contributed by atoms with Crippen LogP contribution in [0.3, 0.4) is 0 Å². The summed E-state index contributed by atoms with van der Waals surface area (Å²) in [4.78, 5) is 33.1. The number of aromatic nitrogens is 1. The predicted octanol–water partition coefficient (Wildman–Crippen LogP) is 5.32. The Morgan fingerprint density at radius 1 is 1.15 bits per heavy atom. The van der Waals surface area contributed by atoms with Crippen LogP contribution in [0.4, 0.5) is 10.8 Å². The van der Waals surface area contributed by atoms with E-state index in [2.05, 4.69) is 18.7 Å². The summed E-state index contributed by atoms with van der Waals surface area (Å²) in [5.74, 6) is 0.466. The molecule has 0 unspecified atom stereocenters. The molecule has 33 heavy (non-hydrogen) atoms. The second-order valence-electron chi connectivity index (χ2n) is 7.25. The molecule has 178 valence electrons. The summed E-state index contributed by atoms with van der Waals surface area (Å²) in [5.41, 5.74) is 1.39. The molecule has 1 aromatic heterocycles. The van der Waals surface area contributed by atoms with Crippen molar-refractivity contribution < 1.29 is 14.5 Å². The Morgan fingerprint density at radius 3 is 2.52 bits per heavy atom. The first kappa shape index (κ1) is 26.5. The van der Waals surface area contributed by atoms with Gasteiger partial charge in [-0.2, -0.15) is 0 Å². The molecule has 8 nitrogen and oxygen atoms in total. The molecular weight excluding hydrogens is 464 g/mol. The summed E-state index contributed by atoms with van der Waals surface area (Å²) >= 11 is 1.41. The van der Waals surface area contributed by atoms with Crippen molar-refractivity contribution in [1.82, 2.24) is 9.88 Å². The number of carbonyl (C=O) groups excluding carboxylic acids is 1. The number of hydrogen-bond acceptors (Lipinski definition) is 7. The van der Waals surface area contributed by atoms with Crippen molar-refractivity contribution in [2.24, 2.45) is 0 Å². The smallest absolute Gasteiger partial charge is 0.273 e. The largest absolute Gasteiger partial charge is 0.494 e. The van der Waals surface area contributed by atoms with Crippen LogP contribution >= 0.6 is 23.7 Å². The zero-order valence-electron chi connectivity index (χ0n) is 19.2. The molecule has 0 radical (unpaired) electrons. The highest BCUT2D eigenvalue weighted by atomic mass is 35.5. The first-order chi connectivity index (χ1) is 15.4. The zero-order valence-corrected chi connectivity index (χ0v) is 20.9. The number of rotatable bonds is 10. The Morgan fingerprint density at radius 2 is 1.88 bits per heavy atom. The third-order valence-electron chi connectivity index (χ3n) is 5.40. The van der Waals surface area contributed by atoms with Crippen molar-refractivity contribution in [1.29, 1.82) is 0 Å². The van der Waals surface area contributed by atoms with Crippen LogP contribution in [-0.4, -0.2) is 53.5 Å². The Balaban J connectivity index is 0.00000385. The molecule has 0 spiro atoms. The number of benzene rings is 2. The Hall–Kier alpha value is -2.75. The summed E-state index contributed by atoms with van der Waals surface area (Å²) < 4.78 is 6.51. The number of nitro benzene ring substituents is 1. The molecule has 1 amide bonds. The number of nitrogens with zero attached hydrogens (tertiary/aromatic N) is 4. The van der Waals surface area contributed by atoms with E-state index in [0.717, 1.165) is 29.1 Å². The maximum absolute atomic E-state index is 13.6. The number of anilines is 1. The van der Waals surface area contributed by atoms with Gasteiger partial charge in [-0.15, -0.1) is 12.4 Å². The Labute approximate surface area is 203 Å². The van der Waals surface area contributed by atoms with E-state index in [1.54, 1.807) is 24.0 Å². The van der Waals surface area contributed by atoms with Crippen molar-refractivity contribution in [3.63, 3.8) is 0 Å². The summed E-state index contributed by atoms with van der Waals surface area (Å²) in [6.07, 6.45) is 0. The van der Waals surface area contributed by atoms with Crippen LogP contribution in [0, 0.1) is 17.0 Å². The monoisotopic (exact) mass is 492 g/mol. The van der Waals surface area contributed by atoms with Gasteiger partial charge in [-0.25, -0.2) is 4.98 Å². The average Bonchev–Trinajstić information content (AvgIpc) is 3.19. The molecule has 0 atom stereocenters. The highest BCUT2D eigenvalue weighted by Gasteiger charge is 2.26. The van der Waals surface area contributed by atoms with Gasteiger partial charge in [0, 0.05) is 30.3 Å². The molecule has 0 aliphatic heterocycles. The third kappa shape index (κ3) is 5.98. The number of thiazole rings is 1. The van der Waals surface area contributed by atoms with Crippen molar-refractivity contribution >= 4 is 50.7 Å². The molecule has 3 rings (SSSR count). The molecule has 0 fully saturated rings. The first-order valence-corrected chi connectivity index (χ1v) is 11.5. The van der Waals surface area contributed by atoms with Gasteiger partial charge in [-0.1, -0.05) is 31.3 Å². The lowest BCUT2D eigenvalue weighted by molar-refractivity contribution is -0.385. The fraction of sp³-hybridized carbons (Fsp3) is 0.391. The van der Waals surface area contributed by atoms with Gasteiger partial charge in [0.05, 0.1) is 21.7 Å². The van der Waals surface area contributed by atoms with E-state index in [0.29, 0.717) is 36.0 Å². The number of nitro groups is 1. The summed E-state index contributed by atoms with van der Waals surface area (Å²) in [7, 11) is 0. The maximum atomic E-state index is 13.6. The number of ether oxygens (including phenoxy) is 1. The quantitative estimate of drug-likeness (QED) is 0.281. The average molecular weight is 493 g/mol. The standard InChI is InChI=1S/C23H28N4O4S.ClH/c1-5-25(6-2)13-14-26(22(28)18-9-8-10-20(16(18)4)27(29)30)23-24-19-12-11-17(31-7-3)15-21(19)32-23;/h8-12,15H,5-7,13-14H2,1-4H3;1H. The Bertz CT molecular complexity index is 1120. The van der Waals surface area contributed by atoms with Crippen molar-refractivity contribution in [2.75, 3.05) is 37.7 Å².